The maximum atomic E-state index is 15.1. The lowest BCUT2D eigenvalue weighted by Crippen LogP contribution is -2.48. The van der Waals surface area contributed by atoms with E-state index < -0.39 is 11.8 Å². The van der Waals surface area contributed by atoms with Crippen molar-refractivity contribution in [2.75, 3.05) is 38.2 Å². The molecule has 288 valence electrons. The molecule has 2 aromatic carbocycles. The van der Waals surface area contributed by atoms with Crippen LogP contribution in [0.5, 0.6) is 0 Å². The first-order valence-corrected chi connectivity index (χ1v) is 19.4. The molecule has 2 aliphatic rings. The molecule has 12 nitrogen and oxygen atoms in total. The first kappa shape index (κ1) is 38.1. The molecule has 2 fully saturated rings. The summed E-state index contributed by atoms with van der Waals surface area (Å²) < 4.78 is 22.6. The van der Waals surface area contributed by atoms with Crippen LogP contribution in [0.1, 0.15) is 77.0 Å². The Bertz CT molecular complexity index is 2150. The molecule has 0 unspecified atom stereocenters. The molecule has 0 bridgehead atoms. The summed E-state index contributed by atoms with van der Waals surface area (Å²) in [5.41, 5.74) is 6.88. The molecule has 3 aromatic heterocycles. The molecule has 55 heavy (non-hydrogen) atoms. The van der Waals surface area contributed by atoms with Crippen molar-refractivity contribution in [1.82, 2.24) is 40.6 Å². The van der Waals surface area contributed by atoms with Crippen LogP contribution >= 0.6 is 0 Å². The summed E-state index contributed by atoms with van der Waals surface area (Å²) >= 11 is 0. The second-order valence-electron chi connectivity index (χ2n) is 14.4. The smallest absolute Gasteiger partial charge is 0.270 e. The number of fused-ring (bicyclic) bond motifs is 1. The standard InChI is InChI=1S/C42H50FN9O3/c1-4-36-33(39(48-31-14-18-55-19-15-31)34-24-47-52(5-2)40(34)50-36)23-46-42(54)38-11-7-10-37(49-38)41(53)45-22-28-12-13-35(43)32(21-28)30-9-6-8-29(20-30)26-51-17-16-44-27(3)25-51/h6-13,20-21,24,27,31,44H,4-5,14-19,22-23,25-26H2,1-3H3,(H,45,53)(H,46,54)(H,48,50)/t27-/m0/s1. The first-order chi connectivity index (χ1) is 26.8. The topological polar surface area (TPSA) is 138 Å². The van der Waals surface area contributed by atoms with Crippen molar-refractivity contribution in [1.29, 1.82) is 0 Å². The van der Waals surface area contributed by atoms with Gasteiger partial charge in [-0.05, 0) is 80.1 Å². The van der Waals surface area contributed by atoms with E-state index in [0.717, 1.165) is 83.7 Å². The summed E-state index contributed by atoms with van der Waals surface area (Å²) in [5, 5.41) is 18.6. The van der Waals surface area contributed by atoms with Gasteiger partial charge in [-0.1, -0.05) is 37.3 Å². The highest BCUT2D eigenvalue weighted by molar-refractivity contribution is 5.97. The second kappa shape index (κ2) is 17.5. The van der Waals surface area contributed by atoms with E-state index in [0.29, 0.717) is 37.8 Å². The van der Waals surface area contributed by atoms with Crippen LogP contribution in [0.2, 0.25) is 0 Å². The zero-order chi connectivity index (χ0) is 38.3. The minimum Gasteiger partial charge on any atom is -0.381 e. The number of aryl methyl sites for hydroxylation is 2. The van der Waals surface area contributed by atoms with Crippen LogP contribution in [0.15, 0.2) is 66.9 Å². The normalized spacial score (nSPS) is 16.6. The van der Waals surface area contributed by atoms with Gasteiger partial charge < -0.3 is 26.0 Å². The Morgan fingerprint density at radius 1 is 0.945 bits per heavy atom. The third-order valence-electron chi connectivity index (χ3n) is 10.4. The summed E-state index contributed by atoms with van der Waals surface area (Å²) in [6, 6.07) is 18.3. The van der Waals surface area contributed by atoms with E-state index in [9.17, 15) is 9.59 Å². The molecule has 1 atom stereocenters. The van der Waals surface area contributed by atoms with Gasteiger partial charge >= 0.3 is 0 Å². The van der Waals surface area contributed by atoms with E-state index in [1.54, 1.807) is 30.3 Å². The van der Waals surface area contributed by atoms with Gasteiger partial charge in [0.05, 0.1) is 17.3 Å². The number of amides is 2. The maximum absolute atomic E-state index is 15.1. The number of pyridine rings is 2. The lowest BCUT2D eigenvalue weighted by Gasteiger charge is -2.31. The lowest BCUT2D eigenvalue weighted by molar-refractivity contribution is 0.0904. The average molecular weight is 748 g/mol. The number of ether oxygens (including phenoxy) is 1. The zero-order valence-corrected chi connectivity index (χ0v) is 31.8. The van der Waals surface area contributed by atoms with Gasteiger partial charge in [-0.15, -0.1) is 0 Å². The van der Waals surface area contributed by atoms with Crippen LogP contribution < -0.4 is 21.3 Å². The van der Waals surface area contributed by atoms with Gasteiger partial charge in [-0.2, -0.15) is 5.10 Å². The van der Waals surface area contributed by atoms with Crippen molar-refractivity contribution in [2.24, 2.45) is 0 Å². The number of carbonyl (C=O) groups excluding carboxylic acids is 2. The van der Waals surface area contributed by atoms with Crippen molar-refractivity contribution in [3.8, 4) is 11.1 Å². The van der Waals surface area contributed by atoms with Gasteiger partial charge in [0.25, 0.3) is 11.8 Å². The fraction of sp³-hybridized carbons (Fsp3) is 0.405. The van der Waals surface area contributed by atoms with Crippen molar-refractivity contribution < 1.29 is 18.7 Å². The summed E-state index contributed by atoms with van der Waals surface area (Å²) in [5.74, 6) is -1.17. The van der Waals surface area contributed by atoms with Crippen molar-refractivity contribution in [3.05, 3.63) is 106 Å². The number of carbonyl (C=O) groups is 2. The molecule has 4 N–H and O–H groups in total. The van der Waals surface area contributed by atoms with E-state index in [1.807, 2.05) is 42.9 Å². The highest BCUT2D eigenvalue weighted by Gasteiger charge is 2.23. The number of aromatic nitrogens is 4. The van der Waals surface area contributed by atoms with E-state index >= 15 is 4.39 Å². The van der Waals surface area contributed by atoms with Gasteiger partial charge in [-0.3, -0.25) is 14.5 Å². The van der Waals surface area contributed by atoms with E-state index in [-0.39, 0.29) is 36.3 Å². The Hall–Kier alpha value is -5.24. The summed E-state index contributed by atoms with van der Waals surface area (Å²) in [7, 11) is 0. The highest BCUT2D eigenvalue weighted by Crippen LogP contribution is 2.31. The predicted molar refractivity (Wildman–Crippen MR) is 211 cm³/mol. The van der Waals surface area contributed by atoms with Crippen LogP contribution in [-0.4, -0.2) is 81.4 Å². The van der Waals surface area contributed by atoms with Crippen LogP contribution in [0, 0.1) is 5.82 Å². The van der Waals surface area contributed by atoms with Gasteiger partial charge in [0.1, 0.15) is 17.2 Å². The molecule has 2 saturated heterocycles. The molecular weight excluding hydrogens is 698 g/mol. The van der Waals surface area contributed by atoms with E-state index in [1.165, 1.54) is 6.07 Å². The van der Waals surface area contributed by atoms with Gasteiger partial charge in [-0.25, -0.2) is 19.0 Å². The molecule has 0 saturated carbocycles. The molecule has 0 radical (unpaired) electrons. The van der Waals surface area contributed by atoms with Gasteiger partial charge in [0.15, 0.2) is 5.65 Å². The molecule has 13 heteroatoms. The zero-order valence-electron chi connectivity index (χ0n) is 31.8. The molecule has 2 amide bonds. The van der Waals surface area contributed by atoms with Crippen LogP contribution in [0.25, 0.3) is 22.2 Å². The molecule has 0 spiro atoms. The fourth-order valence-electron chi connectivity index (χ4n) is 7.48. The summed E-state index contributed by atoms with van der Waals surface area (Å²) in [4.78, 5) is 38.6. The van der Waals surface area contributed by atoms with Gasteiger partial charge in [0, 0.05) is 87.9 Å². The van der Waals surface area contributed by atoms with Crippen molar-refractivity contribution in [3.63, 3.8) is 0 Å². The Morgan fingerprint density at radius 2 is 1.71 bits per heavy atom. The highest BCUT2D eigenvalue weighted by atomic mass is 19.1. The predicted octanol–water partition coefficient (Wildman–Crippen LogP) is 5.46. The van der Waals surface area contributed by atoms with E-state index in [2.05, 4.69) is 49.2 Å². The van der Waals surface area contributed by atoms with Crippen molar-refractivity contribution >= 4 is 28.5 Å². The average Bonchev–Trinajstić information content (AvgIpc) is 3.63. The van der Waals surface area contributed by atoms with Crippen LogP contribution in [0.3, 0.4) is 0 Å². The van der Waals surface area contributed by atoms with Crippen molar-refractivity contribution in [2.45, 2.75) is 78.3 Å². The quantitative estimate of drug-likeness (QED) is 0.124. The largest absolute Gasteiger partial charge is 0.381 e. The lowest BCUT2D eigenvalue weighted by atomic mass is 10.00. The monoisotopic (exact) mass is 747 g/mol. The fourth-order valence-corrected chi connectivity index (χ4v) is 7.48. The van der Waals surface area contributed by atoms with E-state index in [4.69, 9.17) is 9.72 Å². The van der Waals surface area contributed by atoms with Gasteiger partial charge in [0.2, 0.25) is 0 Å². The number of anilines is 1. The number of hydrogen-bond donors (Lipinski definition) is 4. The molecule has 5 aromatic rings. The number of nitrogens with zero attached hydrogens (tertiary/aromatic N) is 5. The molecule has 0 aliphatic carbocycles. The number of nitrogens with one attached hydrogen (secondary N) is 4. The second-order valence-corrected chi connectivity index (χ2v) is 14.4. The third-order valence-corrected chi connectivity index (χ3v) is 10.4. The van der Waals surface area contributed by atoms with Crippen LogP contribution in [0.4, 0.5) is 10.1 Å². The summed E-state index contributed by atoms with van der Waals surface area (Å²) in [6.45, 7) is 12.4. The Labute approximate surface area is 321 Å². The number of halogens is 1. The maximum Gasteiger partial charge on any atom is 0.270 e. The SMILES string of the molecule is CCc1nc2c(cnn2CC)c(NC2CCOCC2)c1CNC(=O)c1cccc(C(=O)NCc2ccc(F)c(-c3cccc(CN4CCN[C@@H](C)C4)c3)c2)n1. The van der Waals surface area contributed by atoms with Crippen LogP contribution in [-0.2, 0) is 37.3 Å². The minimum absolute atomic E-state index is 0.108. The molecule has 2 aliphatic heterocycles. The molecule has 5 heterocycles. The third kappa shape index (κ3) is 9.01. The Morgan fingerprint density at radius 3 is 2.45 bits per heavy atom. The number of rotatable bonds is 13. The Kier molecular flexibility index (Phi) is 12.1. The minimum atomic E-state index is -0.438. The molecular formula is C42H50FN9O3. The number of piperazine rings is 1. The Balaban J connectivity index is 1.02. The summed E-state index contributed by atoms with van der Waals surface area (Å²) in [6.07, 6.45) is 4.27. The number of hydrogen-bond acceptors (Lipinski definition) is 9. The molecule has 7 rings (SSSR count). The number of benzene rings is 2. The first-order valence-electron chi connectivity index (χ1n) is 19.4.